The second-order valence-electron chi connectivity index (χ2n) is 10.4. The number of aliphatic hydroxyl groups is 1. The van der Waals surface area contributed by atoms with Gasteiger partial charge in [-0.25, -0.2) is 4.98 Å². The summed E-state index contributed by atoms with van der Waals surface area (Å²) < 4.78 is 12.3. The summed E-state index contributed by atoms with van der Waals surface area (Å²) in [5.74, 6) is -0.194. The van der Waals surface area contributed by atoms with E-state index in [1.165, 1.54) is 39.3 Å². The van der Waals surface area contributed by atoms with Crippen LogP contribution in [0.2, 0.25) is 5.02 Å². The average molecular weight is 685 g/mol. The maximum absolute atomic E-state index is 14.0. The van der Waals surface area contributed by atoms with E-state index in [9.17, 15) is 14.7 Å². The number of carbonyl (C=O) groups excluding carboxylic acids is 2. The highest BCUT2D eigenvalue weighted by Crippen LogP contribution is 2.46. The molecular formula is C32H33ClN4O5S3. The maximum atomic E-state index is 14.0. The molecule has 1 amide bonds. The van der Waals surface area contributed by atoms with Crippen LogP contribution in [-0.2, 0) is 10.5 Å². The number of thiazole rings is 1. The third-order valence-corrected chi connectivity index (χ3v) is 10.6. The van der Waals surface area contributed by atoms with Gasteiger partial charge in [0.1, 0.15) is 0 Å². The standard InChI is InChI=1S/C32H33ClN4O5S3/c1-5-6-7-8-15-42-23-14-11-21(16-24(23)41-4)26-25(27(38)29-18(2)34-19(3)44-29)28(39)30(40)37(26)31-35-36-32(45-31)43-17-20-9-12-22(33)13-10-20/h9-14,16,26,39H,5-8,15,17H2,1-4H3. The molecule has 4 aromatic rings. The summed E-state index contributed by atoms with van der Waals surface area (Å²) in [6.45, 7) is 6.25. The number of nitrogens with zero attached hydrogens (tertiary/aromatic N) is 4. The van der Waals surface area contributed by atoms with E-state index in [4.69, 9.17) is 21.1 Å². The Hall–Kier alpha value is -3.45. The van der Waals surface area contributed by atoms with Crippen molar-refractivity contribution >= 4 is 62.9 Å². The molecule has 45 heavy (non-hydrogen) atoms. The molecule has 9 nitrogen and oxygen atoms in total. The van der Waals surface area contributed by atoms with Crippen LogP contribution >= 0.6 is 46.0 Å². The van der Waals surface area contributed by atoms with Crippen LogP contribution in [0.1, 0.15) is 70.1 Å². The number of unbranched alkanes of at least 4 members (excludes halogenated alkanes) is 3. The van der Waals surface area contributed by atoms with Crippen LogP contribution in [0.5, 0.6) is 11.5 Å². The number of rotatable bonds is 14. The summed E-state index contributed by atoms with van der Waals surface area (Å²) in [6, 6.07) is 11.8. The summed E-state index contributed by atoms with van der Waals surface area (Å²) in [7, 11) is 1.54. The van der Waals surface area contributed by atoms with Gasteiger partial charge in [0.15, 0.2) is 21.6 Å². The van der Waals surface area contributed by atoms with Gasteiger partial charge in [-0.1, -0.05) is 79.1 Å². The minimum Gasteiger partial charge on any atom is -0.503 e. The summed E-state index contributed by atoms with van der Waals surface area (Å²) in [6.07, 6.45) is 4.27. The molecule has 0 saturated carbocycles. The van der Waals surface area contributed by atoms with Gasteiger partial charge in [0.25, 0.3) is 5.91 Å². The van der Waals surface area contributed by atoms with Crippen LogP contribution in [0, 0.1) is 13.8 Å². The first kappa shape index (κ1) is 32.9. The Kier molecular flexibility index (Phi) is 10.8. The molecule has 1 N–H and O–H groups in total. The van der Waals surface area contributed by atoms with Gasteiger partial charge in [-0.15, -0.1) is 21.5 Å². The zero-order chi connectivity index (χ0) is 32.1. The zero-order valence-corrected chi connectivity index (χ0v) is 28.5. The summed E-state index contributed by atoms with van der Waals surface area (Å²) in [4.78, 5) is 33.8. The van der Waals surface area contributed by atoms with Gasteiger partial charge >= 0.3 is 0 Å². The number of thioether (sulfide) groups is 1. The van der Waals surface area contributed by atoms with Crippen LogP contribution in [0.15, 0.2) is 58.1 Å². The number of Topliss-reactive ketones (excluding diaryl/α,β-unsaturated/α-hetero) is 1. The van der Waals surface area contributed by atoms with E-state index in [-0.39, 0.29) is 10.7 Å². The molecular weight excluding hydrogens is 652 g/mol. The number of amides is 1. The molecule has 1 aliphatic heterocycles. The molecule has 3 heterocycles. The van der Waals surface area contributed by atoms with Crippen molar-refractivity contribution in [2.45, 2.75) is 62.6 Å². The second-order valence-corrected chi connectivity index (χ2v) is 14.2. The molecule has 1 aliphatic rings. The van der Waals surface area contributed by atoms with Crippen molar-refractivity contribution in [1.82, 2.24) is 15.2 Å². The van der Waals surface area contributed by atoms with Gasteiger partial charge in [0.2, 0.25) is 10.9 Å². The van der Waals surface area contributed by atoms with Crippen LogP contribution < -0.4 is 14.4 Å². The Morgan fingerprint density at radius 3 is 2.53 bits per heavy atom. The van der Waals surface area contributed by atoms with E-state index in [0.717, 1.165) is 31.2 Å². The van der Waals surface area contributed by atoms with Crippen molar-refractivity contribution in [2.75, 3.05) is 18.6 Å². The normalized spacial score (nSPS) is 14.8. The Morgan fingerprint density at radius 2 is 1.84 bits per heavy atom. The number of ether oxygens (including phenoxy) is 2. The lowest BCUT2D eigenvalue weighted by molar-refractivity contribution is -0.117. The zero-order valence-electron chi connectivity index (χ0n) is 25.3. The number of benzene rings is 2. The highest BCUT2D eigenvalue weighted by Gasteiger charge is 2.47. The fraction of sp³-hybridized carbons (Fsp3) is 0.344. The number of ketones is 1. The Balaban J connectivity index is 1.49. The number of aliphatic hydroxyl groups excluding tert-OH is 1. The number of carbonyl (C=O) groups is 2. The second kappa shape index (κ2) is 14.8. The monoisotopic (exact) mass is 684 g/mol. The lowest BCUT2D eigenvalue weighted by Crippen LogP contribution is -2.31. The van der Waals surface area contributed by atoms with E-state index in [2.05, 4.69) is 22.1 Å². The molecule has 0 saturated heterocycles. The molecule has 1 unspecified atom stereocenters. The predicted octanol–water partition coefficient (Wildman–Crippen LogP) is 8.31. The molecule has 2 aromatic heterocycles. The smallest absolute Gasteiger partial charge is 0.296 e. The fourth-order valence-electron chi connectivity index (χ4n) is 4.98. The Bertz CT molecular complexity index is 1720. The van der Waals surface area contributed by atoms with Crippen molar-refractivity contribution in [2.24, 2.45) is 0 Å². The van der Waals surface area contributed by atoms with E-state index < -0.39 is 23.5 Å². The first-order chi connectivity index (χ1) is 21.7. The third-order valence-electron chi connectivity index (χ3n) is 7.20. The first-order valence-corrected chi connectivity index (χ1v) is 17.5. The number of hydrogen-bond acceptors (Lipinski definition) is 11. The third kappa shape index (κ3) is 7.35. The lowest BCUT2D eigenvalue weighted by atomic mass is 9.95. The SMILES string of the molecule is CCCCCCOc1ccc(C2C(C(=O)c3sc(C)nc3C)=C(O)C(=O)N2c2nnc(SCc3ccc(Cl)cc3)s2)cc1OC. The van der Waals surface area contributed by atoms with Crippen molar-refractivity contribution in [1.29, 1.82) is 0 Å². The summed E-state index contributed by atoms with van der Waals surface area (Å²) in [5, 5.41) is 21.5. The van der Waals surface area contributed by atoms with Gasteiger partial charge < -0.3 is 14.6 Å². The largest absolute Gasteiger partial charge is 0.503 e. The maximum Gasteiger partial charge on any atom is 0.296 e. The van der Waals surface area contributed by atoms with E-state index in [1.54, 1.807) is 32.2 Å². The van der Waals surface area contributed by atoms with Crippen LogP contribution in [-0.4, -0.2) is 45.7 Å². The highest BCUT2D eigenvalue weighted by molar-refractivity contribution is 8.00. The number of aromatic nitrogens is 3. The molecule has 1 atom stereocenters. The molecule has 0 spiro atoms. The summed E-state index contributed by atoms with van der Waals surface area (Å²) >= 11 is 9.91. The summed E-state index contributed by atoms with van der Waals surface area (Å²) in [5.41, 5.74) is 2.09. The van der Waals surface area contributed by atoms with Gasteiger partial charge in [-0.2, -0.15) is 0 Å². The number of anilines is 1. The van der Waals surface area contributed by atoms with Crippen molar-refractivity contribution in [3.8, 4) is 11.5 Å². The molecule has 0 bridgehead atoms. The van der Waals surface area contributed by atoms with E-state index >= 15 is 0 Å². The highest BCUT2D eigenvalue weighted by atomic mass is 35.5. The minimum atomic E-state index is -0.985. The molecule has 0 radical (unpaired) electrons. The molecule has 13 heteroatoms. The average Bonchev–Trinajstić information content (AvgIpc) is 3.71. The van der Waals surface area contributed by atoms with Crippen molar-refractivity contribution in [3.05, 3.63) is 85.5 Å². The lowest BCUT2D eigenvalue weighted by Gasteiger charge is -2.25. The van der Waals surface area contributed by atoms with Crippen LogP contribution in [0.4, 0.5) is 5.13 Å². The fourth-order valence-corrected chi connectivity index (χ4v) is 7.81. The first-order valence-electron chi connectivity index (χ1n) is 14.5. The van der Waals surface area contributed by atoms with E-state index in [1.807, 2.05) is 31.2 Å². The van der Waals surface area contributed by atoms with E-state index in [0.29, 0.717) is 54.4 Å². The van der Waals surface area contributed by atoms with Gasteiger partial charge in [-0.3, -0.25) is 14.5 Å². The number of aryl methyl sites for hydroxylation is 2. The molecule has 5 rings (SSSR count). The molecule has 2 aromatic carbocycles. The van der Waals surface area contributed by atoms with Gasteiger partial charge in [0.05, 0.1) is 40.9 Å². The van der Waals surface area contributed by atoms with Gasteiger partial charge in [0, 0.05) is 10.8 Å². The number of halogens is 1. The molecule has 236 valence electrons. The van der Waals surface area contributed by atoms with Crippen molar-refractivity contribution < 1.29 is 24.2 Å². The van der Waals surface area contributed by atoms with Crippen LogP contribution in [0.25, 0.3) is 0 Å². The molecule has 0 aliphatic carbocycles. The topological polar surface area (TPSA) is 115 Å². The predicted molar refractivity (Wildman–Crippen MR) is 179 cm³/mol. The number of hydrogen-bond donors (Lipinski definition) is 1. The quantitative estimate of drug-likeness (QED) is 0.0606. The molecule has 0 fully saturated rings. The van der Waals surface area contributed by atoms with Crippen molar-refractivity contribution in [3.63, 3.8) is 0 Å². The van der Waals surface area contributed by atoms with Crippen LogP contribution in [0.3, 0.4) is 0 Å². The Morgan fingerprint density at radius 1 is 1.07 bits per heavy atom. The van der Waals surface area contributed by atoms with Gasteiger partial charge in [-0.05, 0) is 55.7 Å². The Labute approximate surface area is 279 Å². The number of methoxy groups -OCH3 is 1. The minimum absolute atomic E-state index is 0.0485.